The minimum Gasteiger partial charge on any atom is -0.491 e. The molecule has 2 aromatic carbocycles. The molecule has 1 amide bonds. The zero-order valence-electron chi connectivity index (χ0n) is 11.1. The Kier molecular flexibility index (Phi) is 5.64. The number of rotatable bonds is 5. The van der Waals surface area contributed by atoms with Crippen LogP contribution >= 0.6 is 31.9 Å². The van der Waals surface area contributed by atoms with E-state index in [2.05, 4.69) is 37.2 Å². The summed E-state index contributed by atoms with van der Waals surface area (Å²) in [4.78, 5) is 11.9. The van der Waals surface area contributed by atoms with Crippen molar-refractivity contribution in [2.45, 2.75) is 6.42 Å². The molecule has 0 aromatic heterocycles. The second-order valence-corrected chi connectivity index (χ2v) is 5.99. The Morgan fingerprint density at radius 2 is 1.76 bits per heavy atom. The van der Waals surface area contributed by atoms with Crippen molar-refractivity contribution in [3.8, 4) is 5.75 Å². The normalized spacial score (nSPS) is 10.2. The molecule has 0 spiro atoms. The smallest absolute Gasteiger partial charge is 0.227 e. The van der Waals surface area contributed by atoms with Gasteiger partial charge in [-0.2, -0.15) is 0 Å². The molecule has 0 saturated heterocycles. The van der Waals surface area contributed by atoms with Gasteiger partial charge in [0.15, 0.2) is 0 Å². The van der Waals surface area contributed by atoms with Crippen LogP contribution in [-0.2, 0) is 4.79 Å². The number of ether oxygens (including phenoxy) is 1. The third-order valence-electron chi connectivity index (χ3n) is 2.73. The first kappa shape index (κ1) is 15.9. The van der Waals surface area contributed by atoms with Gasteiger partial charge in [0, 0.05) is 8.95 Å². The van der Waals surface area contributed by atoms with E-state index in [-0.39, 0.29) is 18.9 Å². The van der Waals surface area contributed by atoms with Crippen LogP contribution in [0.25, 0.3) is 0 Å². The summed E-state index contributed by atoms with van der Waals surface area (Å²) in [6.07, 6.45) is 0.238. The summed E-state index contributed by atoms with van der Waals surface area (Å²) >= 11 is 6.80. The third kappa shape index (κ3) is 4.47. The van der Waals surface area contributed by atoms with Gasteiger partial charge in [-0.3, -0.25) is 4.79 Å². The number of nitrogens with two attached hydrogens (primary N) is 1. The van der Waals surface area contributed by atoms with Crippen molar-refractivity contribution in [1.82, 2.24) is 0 Å². The van der Waals surface area contributed by atoms with Crippen LogP contribution in [-0.4, -0.2) is 12.5 Å². The molecule has 21 heavy (non-hydrogen) atoms. The molecule has 4 nitrogen and oxygen atoms in total. The van der Waals surface area contributed by atoms with E-state index in [9.17, 15) is 4.79 Å². The number of carbonyl (C=O) groups is 1. The summed E-state index contributed by atoms with van der Waals surface area (Å²) in [5, 5.41) is 2.84. The quantitative estimate of drug-likeness (QED) is 0.722. The lowest BCUT2D eigenvalue weighted by Crippen LogP contribution is -2.16. The minimum atomic E-state index is -0.128. The number of halogens is 2. The standard InChI is InChI=1S/C15H14Br2N2O2/c16-10-4-3-5-11(17)15(10)19-14(20)8-9-21-13-7-2-1-6-12(13)18/h1-7H,8-9,18H2,(H,19,20). The lowest BCUT2D eigenvalue weighted by atomic mass is 10.3. The number of amides is 1. The molecule has 0 heterocycles. The van der Waals surface area contributed by atoms with Gasteiger partial charge in [-0.05, 0) is 56.1 Å². The number of benzene rings is 2. The average Bonchev–Trinajstić information content (AvgIpc) is 2.45. The van der Waals surface area contributed by atoms with E-state index in [1.54, 1.807) is 12.1 Å². The first-order valence-corrected chi connectivity index (χ1v) is 7.87. The Labute approximate surface area is 139 Å². The zero-order chi connectivity index (χ0) is 15.2. The summed E-state index contributed by atoms with van der Waals surface area (Å²) < 4.78 is 7.13. The van der Waals surface area contributed by atoms with Gasteiger partial charge in [0.25, 0.3) is 0 Å². The first-order valence-electron chi connectivity index (χ1n) is 6.29. The summed E-state index contributed by atoms with van der Waals surface area (Å²) in [5.41, 5.74) is 7.03. The molecule has 0 aliphatic rings. The molecule has 0 bridgehead atoms. The Bertz CT molecular complexity index is 627. The highest BCUT2D eigenvalue weighted by Crippen LogP contribution is 2.30. The zero-order valence-corrected chi connectivity index (χ0v) is 14.3. The number of carbonyl (C=O) groups excluding carboxylic acids is 1. The van der Waals surface area contributed by atoms with Crippen LogP contribution in [0, 0.1) is 0 Å². The van der Waals surface area contributed by atoms with Gasteiger partial charge in [-0.1, -0.05) is 18.2 Å². The van der Waals surface area contributed by atoms with E-state index < -0.39 is 0 Å². The predicted octanol–water partition coefficient (Wildman–Crippen LogP) is 4.20. The topological polar surface area (TPSA) is 64.3 Å². The van der Waals surface area contributed by atoms with Gasteiger partial charge in [0.2, 0.25) is 5.91 Å². The molecule has 3 N–H and O–H groups in total. The molecule has 0 saturated carbocycles. The molecule has 0 atom stereocenters. The number of para-hydroxylation sites is 3. The van der Waals surface area contributed by atoms with Crippen molar-refractivity contribution in [2.24, 2.45) is 0 Å². The first-order chi connectivity index (χ1) is 10.1. The Morgan fingerprint density at radius 3 is 2.43 bits per heavy atom. The van der Waals surface area contributed by atoms with Crippen molar-refractivity contribution in [1.29, 1.82) is 0 Å². The van der Waals surface area contributed by atoms with Crippen LogP contribution in [0.2, 0.25) is 0 Å². The van der Waals surface area contributed by atoms with Crippen molar-refractivity contribution in [3.63, 3.8) is 0 Å². The second kappa shape index (κ2) is 7.47. The number of anilines is 2. The molecular formula is C15H14Br2N2O2. The number of nitrogens with one attached hydrogen (secondary N) is 1. The molecule has 0 unspecified atom stereocenters. The Balaban J connectivity index is 1.87. The Morgan fingerprint density at radius 1 is 1.10 bits per heavy atom. The van der Waals surface area contributed by atoms with Gasteiger partial charge < -0.3 is 15.8 Å². The van der Waals surface area contributed by atoms with Crippen molar-refractivity contribution >= 4 is 49.1 Å². The Hall–Kier alpha value is -1.53. The van der Waals surface area contributed by atoms with E-state index in [1.807, 2.05) is 30.3 Å². The molecule has 6 heteroatoms. The maximum atomic E-state index is 11.9. The maximum Gasteiger partial charge on any atom is 0.227 e. The number of hydrogen-bond donors (Lipinski definition) is 2. The van der Waals surface area contributed by atoms with Gasteiger partial charge in [0.05, 0.1) is 24.4 Å². The predicted molar refractivity (Wildman–Crippen MR) is 91.4 cm³/mol. The molecule has 0 fully saturated rings. The van der Waals surface area contributed by atoms with Crippen LogP contribution in [0.5, 0.6) is 5.75 Å². The van der Waals surface area contributed by atoms with Gasteiger partial charge >= 0.3 is 0 Å². The summed E-state index contributed by atoms with van der Waals surface area (Å²) in [6.45, 7) is 0.266. The van der Waals surface area contributed by atoms with E-state index in [4.69, 9.17) is 10.5 Å². The van der Waals surface area contributed by atoms with E-state index >= 15 is 0 Å². The molecular weight excluding hydrogens is 400 g/mol. The summed E-state index contributed by atoms with van der Waals surface area (Å²) in [7, 11) is 0. The average molecular weight is 414 g/mol. The monoisotopic (exact) mass is 412 g/mol. The fourth-order valence-corrected chi connectivity index (χ4v) is 2.88. The molecule has 110 valence electrons. The molecule has 2 rings (SSSR count). The van der Waals surface area contributed by atoms with Gasteiger partial charge in [-0.15, -0.1) is 0 Å². The number of nitrogen functional groups attached to an aromatic ring is 1. The van der Waals surface area contributed by atoms with Crippen LogP contribution in [0.15, 0.2) is 51.4 Å². The molecule has 2 aromatic rings. The second-order valence-electron chi connectivity index (χ2n) is 4.28. The van der Waals surface area contributed by atoms with Gasteiger partial charge in [-0.25, -0.2) is 0 Å². The number of hydrogen-bond acceptors (Lipinski definition) is 3. The van der Waals surface area contributed by atoms with Crippen molar-refractivity contribution < 1.29 is 9.53 Å². The fraction of sp³-hybridized carbons (Fsp3) is 0.133. The fourth-order valence-electron chi connectivity index (χ4n) is 1.68. The van der Waals surface area contributed by atoms with Crippen LogP contribution in [0.1, 0.15) is 6.42 Å². The highest BCUT2D eigenvalue weighted by Gasteiger charge is 2.09. The molecule has 0 aliphatic heterocycles. The summed E-state index contributed by atoms with van der Waals surface area (Å²) in [5.74, 6) is 0.462. The lowest BCUT2D eigenvalue weighted by Gasteiger charge is -2.11. The van der Waals surface area contributed by atoms with E-state index in [0.717, 1.165) is 8.95 Å². The SMILES string of the molecule is Nc1ccccc1OCCC(=O)Nc1c(Br)cccc1Br. The highest BCUT2D eigenvalue weighted by atomic mass is 79.9. The molecule has 0 aliphatic carbocycles. The van der Waals surface area contributed by atoms with E-state index in [1.165, 1.54) is 0 Å². The van der Waals surface area contributed by atoms with Crippen LogP contribution in [0.4, 0.5) is 11.4 Å². The van der Waals surface area contributed by atoms with Gasteiger partial charge in [0.1, 0.15) is 5.75 Å². The highest BCUT2D eigenvalue weighted by molar-refractivity contribution is 9.11. The summed E-state index contributed by atoms with van der Waals surface area (Å²) in [6, 6.07) is 12.8. The van der Waals surface area contributed by atoms with E-state index in [0.29, 0.717) is 17.1 Å². The van der Waals surface area contributed by atoms with Crippen LogP contribution < -0.4 is 15.8 Å². The van der Waals surface area contributed by atoms with Crippen LogP contribution in [0.3, 0.4) is 0 Å². The van der Waals surface area contributed by atoms with Crippen molar-refractivity contribution in [3.05, 3.63) is 51.4 Å². The largest absolute Gasteiger partial charge is 0.491 e. The molecule has 0 radical (unpaired) electrons. The third-order valence-corrected chi connectivity index (χ3v) is 4.05. The minimum absolute atomic E-state index is 0.128. The maximum absolute atomic E-state index is 11.9. The lowest BCUT2D eigenvalue weighted by molar-refractivity contribution is -0.116. The van der Waals surface area contributed by atoms with Crippen molar-refractivity contribution in [2.75, 3.05) is 17.7 Å².